The maximum absolute atomic E-state index is 8.82. The van der Waals surface area contributed by atoms with E-state index in [1.165, 1.54) is 5.56 Å². The first-order chi connectivity index (χ1) is 9.78. The second-order valence-corrected chi connectivity index (χ2v) is 5.18. The van der Waals surface area contributed by atoms with E-state index < -0.39 is 0 Å². The van der Waals surface area contributed by atoms with Crippen molar-refractivity contribution in [3.8, 4) is 11.5 Å². The lowest BCUT2D eigenvalue weighted by Gasteiger charge is -2.07. The molecule has 0 unspecified atom stereocenters. The van der Waals surface area contributed by atoms with E-state index in [4.69, 9.17) is 9.94 Å². The Morgan fingerprint density at radius 2 is 1.85 bits per heavy atom. The first-order valence-electron chi connectivity index (χ1n) is 6.79. The Morgan fingerprint density at radius 1 is 1.10 bits per heavy atom. The van der Waals surface area contributed by atoms with Gasteiger partial charge < -0.3 is 9.94 Å². The van der Waals surface area contributed by atoms with Crippen LogP contribution in [-0.4, -0.2) is 10.9 Å². The van der Waals surface area contributed by atoms with Crippen LogP contribution in [0.25, 0.3) is 0 Å². The van der Waals surface area contributed by atoms with Crippen LogP contribution >= 0.6 is 0 Å². The fraction of sp³-hybridized carbons (Fsp3) is 0.235. The molecule has 0 aliphatic heterocycles. The number of ether oxygens (including phenoxy) is 1. The molecule has 1 aliphatic carbocycles. The number of hydrogen-bond donors (Lipinski definition) is 1. The Morgan fingerprint density at radius 3 is 2.60 bits per heavy atom. The molecule has 0 amide bonds. The second-order valence-electron chi connectivity index (χ2n) is 5.18. The summed E-state index contributed by atoms with van der Waals surface area (Å²) in [6.07, 6.45) is 1.05. The number of benzene rings is 2. The van der Waals surface area contributed by atoms with E-state index in [1.54, 1.807) is 0 Å². The second kappa shape index (κ2) is 5.37. The van der Waals surface area contributed by atoms with Crippen molar-refractivity contribution in [3.05, 3.63) is 60.2 Å². The monoisotopic (exact) mass is 267 g/mol. The van der Waals surface area contributed by atoms with Gasteiger partial charge in [-0.3, -0.25) is 0 Å². The van der Waals surface area contributed by atoms with Crippen LogP contribution in [0.3, 0.4) is 0 Å². The Bertz CT molecular complexity index is 622. The molecular weight excluding hydrogens is 250 g/mol. The lowest BCUT2D eigenvalue weighted by molar-refractivity contribution is 0.316. The van der Waals surface area contributed by atoms with Crippen LogP contribution in [0.15, 0.2) is 59.8 Å². The van der Waals surface area contributed by atoms with Gasteiger partial charge in [-0.15, -0.1) is 0 Å². The van der Waals surface area contributed by atoms with E-state index in [0.29, 0.717) is 11.8 Å². The maximum Gasteiger partial charge on any atom is 0.127 e. The van der Waals surface area contributed by atoms with Crippen molar-refractivity contribution in [2.24, 2.45) is 11.1 Å². The summed E-state index contributed by atoms with van der Waals surface area (Å²) >= 11 is 0. The minimum atomic E-state index is 0.368. The Hall–Kier alpha value is -2.29. The first kappa shape index (κ1) is 12.7. The number of rotatable bonds is 4. The van der Waals surface area contributed by atoms with E-state index in [9.17, 15) is 0 Å². The molecule has 0 radical (unpaired) electrons. The van der Waals surface area contributed by atoms with Gasteiger partial charge in [-0.25, -0.2) is 0 Å². The normalized spacial score (nSPS) is 21.6. The SMILES string of the molecule is C/C(=N\O)[C@@H]1C[C@H]1c1cccc(Oc2ccccc2)c1. The molecule has 1 saturated carbocycles. The van der Waals surface area contributed by atoms with Crippen LogP contribution in [0.4, 0.5) is 0 Å². The molecule has 0 saturated heterocycles. The molecule has 2 aromatic rings. The Kier molecular flexibility index (Phi) is 3.42. The average Bonchev–Trinajstić information content (AvgIpc) is 3.28. The van der Waals surface area contributed by atoms with Crippen molar-refractivity contribution in [1.29, 1.82) is 0 Å². The van der Waals surface area contributed by atoms with Crippen LogP contribution in [-0.2, 0) is 0 Å². The number of nitrogens with zero attached hydrogens (tertiary/aromatic N) is 1. The van der Waals surface area contributed by atoms with Crippen LogP contribution in [0.1, 0.15) is 24.8 Å². The highest BCUT2D eigenvalue weighted by Crippen LogP contribution is 2.48. The Balaban J connectivity index is 1.74. The standard InChI is InChI=1S/C17H17NO2/c1-12(18-19)16-11-17(16)13-6-5-9-15(10-13)20-14-7-3-2-4-8-14/h2-10,16-17,19H,11H2,1H3/b18-12+/t16-,17-/m0/s1. The zero-order chi connectivity index (χ0) is 13.9. The molecule has 20 heavy (non-hydrogen) atoms. The van der Waals surface area contributed by atoms with Crippen molar-refractivity contribution in [2.45, 2.75) is 19.3 Å². The summed E-state index contributed by atoms with van der Waals surface area (Å²) in [7, 11) is 0. The summed E-state index contributed by atoms with van der Waals surface area (Å²) < 4.78 is 5.84. The summed E-state index contributed by atoms with van der Waals surface area (Å²) in [6.45, 7) is 1.87. The van der Waals surface area contributed by atoms with E-state index in [-0.39, 0.29) is 0 Å². The molecule has 0 spiro atoms. The molecule has 3 rings (SSSR count). The van der Waals surface area contributed by atoms with E-state index >= 15 is 0 Å². The van der Waals surface area contributed by atoms with Crippen molar-refractivity contribution in [1.82, 2.24) is 0 Å². The van der Waals surface area contributed by atoms with E-state index in [0.717, 1.165) is 23.6 Å². The van der Waals surface area contributed by atoms with Crippen LogP contribution in [0.2, 0.25) is 0 Å². The summed E-state index contributed by atoms with van der Waals surface area (Å²) in [6, 6.07) is 17.9. The van der Waals surface area contributed by atoms with Crippen molar-refractivity contribution < 1.29 is 9.94 Å². The summed E-state index contributed by atoms with van der Waals surface area (Å²) in [5.41, 5.74) is 2.05. The summed E-state index contributed by atoms with van der Waals surface area (Å²) in [5.74, 6) is 2.50. The van der Waals surface area contributed by atoms with Crippen molar-refractivity contribution in [2.75, 3.05) is 0 Å². The first-order valence-corrected chi connectivity index (χ1v) is 6.79. The zero-order valence-electron chi connectivity index (χ0n) is 11.4. The molecule has 2 atom stereocenters. The van der Waals surface area contributed by atoms with Crippen molar-refractivity contribution in [3.63, 3.8) is 0 Å². The summed E-state index contributed by atoms with van der Waals surface area (Å²) in [4.78, 5) is 0. The fourth-order valence-corrected chi connectivity index (χ4v) is 2.53. The third-order valence-electron chi connectivity index (χ3n) is 3.75. The highest BCUT2D eigenvalue weighted by molar-refractivity contribution is 5.87. The molecule has 2 aromatic carbocycles. The lowest BCUT2D eigenvalue weighted by Crippen LogP contribution is -1.96. The minimum Gasteiger partial charge on any atom is -0.457 e. The van der Waals surface area contributed by atoms with Gasteiger partial charge in [0.15, 0.2) is 0 Å². The molecule has 1 N–H and O–H groups in total. The van der Waals surface area contributed by atoms with E-state index in [1.807, 2.05) is 49.4 Å². The molecule has 0 bridgehead atoms. The van der Waals surface area contributed by atoms with Gasteiger partial charge in [-0.2, -0.15) is 0 Å². The average molecular weight is 267 g/mol. The minimum absolute atomic E-state index is 0.368. The van der Waals surface area contributed by atoms with Gasteiger partial charge in [0.05, 0.1) is 5.71 Å². The van der Waals surface area contributed by atoms with Gasteiger partial charge in [0, 0.05) is 5.92 Å². The largest absolute Gasteiger partial charge is 0.457 e. The van der Waals surface area contributed by atoms with Crippen LogP contribution in [0, 0.1) is 5.92 Å². The number of oxime groups is 1. The molecule has 0 heterocycles. The van der Waals surface area contributed by atoms with Gasteiger partial charge >= 0.3 is 0 Å². The highest BCUT2D eigenvalue weighted by Gasteiger charge is 2.40. The van der Waals surface area contributed by atoms with Gasteiger partial charge in [0.25, 0.3) is 0 Å². The maximum atomic E-state index is 8.82. The molecule has 102 valence electrons. The number of para-hydroxylation sites is 1. The molecule has 3 nitrogen and oxygen atoms in total. The third-order valence-corrected chi connectivity index (χ3v) is 3.75. The predicted octanol–water partition coefficient (Wildman–Crippen LogP) is 4.43. The molecule has 1 fully saturated rings. The summed E-state index contributed by atoms with van der Waals surface area (Å²) in [5, 5.41) is 12.1. The quantitative estimate of drug-likeness (QED) is 0.505. The third kappa shape index (κ3) is 2.67. The van der Waals surface area contributed by atoms with Gasteiger partial charge in [-0.05, 0) is 49.1 Å². The zero-order valence-corrected chi connectivity index (χ0v) is 11.4. The molecule has 1 aliphatic rings. The van der Waals surface area contributed by atoms with Crippen LogP contribution < -0.4 is 4.74 Å². The number of hydrogen-bond acceptors (Lipinski definition) is 3. The highest BCUT2D eigenvalue weighted by atomic mass is 16.5. The predicted molar refractivity (Wildman–Crippen MR) is 78.7 cm³/mol. The smallest absolute Gasteiger partial charge is 0.127 e. The van der Waals surface area contributed by atoms with Crippen molar-refractivity contribution >= 4 is 5.71 Å². The van der Waals surface area contributed by atoms with E-state index in [2.05, 4.69) is 17.3 Å². The van der Waals surface area contributed by atoms with Gasteiger partial charge in [0.2, 0.25) is 0 Å². The topological polar surface area (TPSA) is 41.8 Å². The molecular formula is C17H17NO2. The fourth-order valence-electron chi connectivity index (χ4n) is 2.53. The van der Waals surface area contributed by atoms with Gasteiger partial charge in [0.1, 0.15) is 11.5 Å². The molecule has 3 heteroatoms. The van der Waals surface area contributed by atoms with Crippen LogP contribution in [0.5, 0.6) is 11.5 Å². The Labute approximate surface area is 118 Å². The van der Waals surface area contributed by atoms with Gasteiger partial charge in [-0.1, -0.05) is 35.5 Å². The lowest BCUT2D eigenvalue weighted by atomic mass is 10.1. The molecule has 0 aromatic heterocycles.